The van der Waals surface area contributed by atoms with Gasteiger partial charge in [-0.1, -0.05) is 15.9 Å². The van der Waals surface area contributed by atoms with Gasteiger partial charge in [0.1, 0.15) is 24.6 Å². The van der Waals surface area contributed by atoms with Crippen molar-refractivity contribution in [3.63, 3.8) is 0 Å². The Morgan fingerprint density at radius 3 is 2.68 bits per heavy atom. The fourth-order valence-corrected chi connectivity index (χ4v) is 2.94. The van der Waals surface area contributed by atoms with Crippen LogP contribution in [0.5, 0.6) is 5.75 Å². The minimum Gasteiger partial charge on any atom is -0.491 e. The van der Waals surface area contributed by atoms with Crippen molar-refractivity contribution in [1.29, 1.82) is 0 Å². The first-order chi connectivity index (χ1) is 11.8. The Hall–Kier alpha value is -1.97. The number of nitrogens with zero attached hydrogens (tertiary/aromatic N) is 1. The molecule has 25 heavy (non-hydrogen) atoms. The van der Waals surface area contributed by atoms with Gasteiger partial charge in [0.05, 0.1) is 0 Å². The zero-order valence-corrected chi connectivity index (χ0v) is 14.8. The Bertz CT molecular complexity index is 864. The van der Waals surface area contributed by atoms with E-state index >= 15 is 0 Å². The van der Waals surface area contributed by atoms with Gasteiger partial charge in [-0.3, -0.25) is 14.3 Å². The molecule has 4 atom stereocenters. The predicted molar refractivity (Wildman–Crippen MR) is 90.4 cm³/mol. The van der Waals surface area contributed by atoms with Crippen molar-refractivity contribution >= 4 is 15.9 Å². The average molecular weight is 415 g/mol. The molecule has 1 aliphatic heterocycles. The smallest absolute Gasteiger partial charge is 0.330 e. The number of hydrogen-bond donors (Lipinski definition) is 2. The van der Waals surface area contributed by atoms with Crippen LogP contribution in [0.2, 0.25) is 0 Å². The summed E-state index contributed by atoms with van der Waals surface area (Å²) < 4.78 is 27.8. The Kier molecular flexibility index (Phi) is 4.81. The van der Waals surface area contributed by atoms with Gasteiger partial charge in [0.25, 0.3) is 5.56 Å². The molecular weight excluding hydrogens is 399 g/mol. The Morgan fingerprint density at radius 2 is 2.04 bits per heavy atom. The van der Waals surface area contributed by atoms with Crippen LogP contribution >= 0.6 is 15.9 Å². The zero-order valence-electron chi connectivity index (χ0n) is 13.2. The lowest BCUT2D eigenvalue weighted by Crippen LogP contribution is -2.43. The van der Waals surface area contributed by atoms with E-state index in [0.29, 0.717) is 5.75 Å². The van der Waals surface area contributed by atoms with Gasteiger partial charge in [0, 0.05) is 16.7 Å². The van der Waals surface area contributed by atoms with E-state index in [9.17, 15) is 19.1 Å². The number of aromatic nitrogens is 2. The Labute approximate surface area is 150 Å². The largest absolute Gasteiger partial charge is 0.491 e. The second-order valence-electron chi connectivity index (χ2n) is 5.91. The van der Waals surface area contributed by atoms with Crippen molar-refractivity contribution < 1.29 is 19.0 Å². The lowest BCUT2D eigenvalue weighted by molar-refractivity contribution is -0.0586. The molecule has 1 saturated heterocycles. The van der Waals surface area contributed by atoms with Crippen LogP contribution in [0, 0.1) is 0 Å². The quantitative estimate of drug-likeness (QED) is 0.787. The van der Waals surface area contributed by atoms with E-state index in [0.717, 1.165) is 28.2 Å². The van der Waals surface area contributed by atoms with E-state index in [4.69, 9.17) is 9.47 Å². The average Bonchev–Trinajstić information content (AvgIpc) is 2.78. The van der Waals surface area contributed by atoms with Gasteiger partial charge in [-0.15, -0.1) is 0 Å². The normalized spacial score (nSPS) is 28.9. The molecule has 1 aromatic carbocycles. The standard InChI is InChI=1S/C16H16BrFN2O5/c1-16(18)13(22)11(8-24-10-4-2-9(17)3-5-10)25-14(16)20-7-6-12(21)19-15(20)23/h2-7,11,13-14,22H,8H2,1H3,(H,19,21,23)/t11-,13?,14-,16?/m0/s1. The van der Waals surface area contributed by atoms with Crippen molar-refractivity contribution in [1.82, 2.24) is 9.55 Å². The number of hydrogen-bond acceptors (Lipinski definition) is 5. The van der Waals surface area contributed by atoms with Crippen LogP contribution in [0.25, 0.3) is 0 Å². The molecule has 0 radical (unpaired) electrons. The van der Waals surface area contributed by atoms with E-state index in [1.165, 1.54) is 0 Å². The first-order valence-corrected chi connectivity index (χ1v) is 8.30. The summed E-state index contributed by atoms with van der Waals surface area (Å²) in [6, 6.07) is 8.07. The number of rotatable bonds is 4. The van der Waals surface area contributed by atoms with Gasteiger partial charge < -0.3 is 14.6 Å². The maximum Gasteiger partial charge on any atom is 0.330 e. The number of halogens is 2. The van der Waals surface area contributed by atoms with Gasteiger partial charge >= 0.3 is 5.69 Å². The van der Waals surface area contributed by atoms with E-state index in [2.05, 4.69) is 15.9 Å². The highest BCUT2D eigenvalue weighted by atomic mass is 79.9. The first-order valence-electron chi connectivity index (χ1n) is 7.51. The third kappa shape index (κ3) is 3.53. The molecule has 0 bridgehead atoms. The van der Waals surface area contributed by atoms with E-state index < -0.39 is 35.4 Å². The summed E-state index contributed by atoms with van der Waals surface area (Å²) in [5.74, 6) is 0.532. The zero-order chi connectivity index (χ0) is 18.2. The Morgan fingerprint density at radius 1 is 1.36 bits per heavy atom. The third-order valence-corrected chi connectivity index (χ3v) is 4.58. The molecule has 0 amide bonds. The molecule has 7 nitrogen and oxygen atoms in total. The van der Waals surface area contributed by atoms with Crippen LogP contribution in [0.4, 0.5) is 4.39 Å². The lowest BCUT2D eigenvalue weighted by atomic mass is 9.98. The molecule has 2 aromatic rings. The fourth-order valence-electron chi connectivity index (χ4n) is 2.67. The number of benzene rings is 1. The summed E-state index contributed by atoms with van der Waals surface area (Å²) in [4.78, 5) is 25.1. The van der Waals surface area contributed by atoms with Gasteiger partial charge in [-0.05, 0) is 31.2 Å². The molecule has 9 heteroatoms. The maximum atomic E-state index is 15.0. The summed E-state index contributed by atoms with van der Waals surface area (Å²) in [5.41, 5.74) is -3.66. The molecule has 1 aromatic heterocycles. The molecule has 2 N–H and O–H groups in total. The minimum absolute atomic E-state index is 0.100. The van der Waals surface area contributed by atoms with Crippen molar-refractivity contribution in [2.75, 3.05) is 6.61 Å². The number of aromatic amines is 1. The van der Waals surface area contributed by atoms with Gasteiger partial charge in [0.2, 0.25) is 0 Å². The summed E-state index contributed by atoms with van der Waals surface area (Å²) in [7, 11) is 0. The minimum atomic E-state index is -2.24. The molecule has 134 valence electrons. The monoisotopic (exact) mass is 414 g/mol. The van der Waals surface area contributed by atoms with Crippen LogP contribution in [-0.4, -0.2) is 39.1 Å². The van der Waals surface area contributed by atoms with Crippen LogP contribution < -0.4 is 16.0 Å². The molecule has 2 heterocycles. The maximum absolute atomic E-state index is 15.0. The van der Waals surface area contributed by atoms with Crippen molar-refractivity contribution in [3.8, 4) is 5.75 Å². The second-order valence-corrected chi connectivity index (χ2v) is 6.82. The van der Waals surface area contributed by atoms with E-state index in [-0.39, 0.29) is 6.61 Å². The van der Waals surface area contributed by atoms with Crippen molar-refractivity contribution in [2.45, 2.75) is 31.0 Å². The topological polar surface area (TPSA) is 93.5 Å². The van der Waals surface area contributed by atoms with Crippen molar-refractivity contribution in [3.05, 3.63) is 61.8 Å². The number of alkyl halides is 1. The van der Waals surface area contributed by atoms with E-state index in [1.807, 2.05) is 4.98 Å². The predicted octanol–water partition coefficient (Wildman–Crippen LogP) is 1.36. The molecule has 1 aliphatic rings. The fraction of sp³-hybridized carbons (Fsp3) is 0.375. The summed E-state index contributed by atoms with van der Waals surface area (Å²) in [5, 5.41) is 10.2. The van der Waals surface area contributed by atoms with Crippen LogP contribution in [0.3, 0.4) is 0 Å². The van der Waals surface area contributed by atoms with Crippen LogP contribution in [0.15, 0.2) is 50.6 Å². The second kappa shape index (κ2) is 6.74. The highest BCUT2D eigenvalue weighted by Crippen LogP contribution is 2.40. The lowest BCUT2D eigenvalue weighted by Gasteiger charge is -2.24. The van der Waals surface area contributed by atoms with Crippen molar-refractivity contribution in [2.24, 2.45) is 0 Å². The third-order valence-electron chi connectivity index (χ3n) is 4.05. The molecule has 2 unspecified atom stereocenters. The SMILES string of the molecule is CC1(F)C(O)[C@H](COc2ccc(Br)cc2)O[C@@H]1n1ccc(=O)[nH]c1=O. The number of nitrogens with one attached hydrogen (secondary N) is 1. The Balaban J connectivity index is 1.78. The first kappa shape index (κ1) is 17.8. The molecule has 3 rings (SSSR count). The molecule has 0 aliphatic carbocycles. The van der Waals surface area contributed by atoms with E-state index in [1.54, 1.807) is 24.3 Å². The molecular formula is C16H16BrFN2O5. The highest BCUT2D eigenvalue weighted by Gasteiger charge is 2.55. The number of aliphatic hydroxyl groups excluding tert-OH is 1. The molecule has 0 saturated carbocycles. The number of ether oxygens (including phenoxy) is 2. The van der Waals surface area contributed by atoms with Gasteiger partial charge in [0.15, 0.2) is 11.9 Å². The number of H-pyrrole nitrogens is 1. The van der Waals surface area contributed by atoms with Gasteiger partial charge in [-0.25, -0.2) is 9.18 Å². The molecule has 0 spiro atoms. The highest BCUT2D eigenvalue weighted by molar-refractivity contribution is 9.10. The molecule has 1 fully saturated rings. The summed E-state index contributed by atoms with van der Waals surface area (Å²) >= 11 is 3.31. The summed E-state index contributed by atoms with van der Waals surface area (Å²) in [6.07, 6.45) is -2.74. The van der Waals surface area contributed by atoms with Gasteiger partial charge in [-0.2, -0.15) is 0 Å². The van der Waals surface area contributed by atoms with Crippen LogP contribution in [-0.2, 0) is 4.74 Å². The summed E-state index contributed by atoms with van der Waals surface area (Å²) in [6.45, 7) is 1.04. The van der Waals surface area contributed by atoms with Crippen LogP contribution in [0.1, 0.15) is 13.2 Å². The number of aliphatic hydroxyl groups is 1.